The molecule has 1 aromatic heterocycles. The highest BCUT2D eigenvalue weighted by molar-refractivity contribution is 7.13. The van der Waals surface area contributed by atoms with Crippen LogP contribution in [0.2, 0.25) is 10.0 Å². The molecule has 1 amide bonds. The highest BCUT2D eigenvalue weighted by Crippen LogP contribution is 2.26. The summed E-state index contributed by atoms with van der Waals surface area (Å²) >= 11 is 13.3. The Kier molecular flexibility index (Phi) is 6.04. The molecular formula is C16H15Cl2NO3S. The van der Waals surface area contributed by atoms with E-state index < -0.39 is 11.9 Å². The number of carbonyl (C=O) groups is 2. The summed E-state index contributed by atoms with van der Waals surface area (Å²) in [5.74, 6) is -0.902. The summed E-state index contributed by atoms with van der Waals surface area (Å²) in [5, 5.41) is 3.72. The second-order valence-electron chi connectivity index (χ2n) is 4.94. The van der Waals surface area contributed by atoms with Gasteiger partial charge in [-0.1, -0.05) is 29.3 Å². The first-order chi connectivity index (χ1) is 10.9. The van der Waals surface area contributed by atoms with Crippen molar-refractivity contribution in [1.29, 1.82) is 0 Å². The number of thiophene rings is 1. The summed E-state index contributed by atoms with van der Waals surface area (Å²) in [6, 6.07) is 8.23. The molecule has 0 fully saturated rings. The Morgan fingerprint density at radius 1 is 1.26 bits per heavy atom. The van der Waals surface area contributed by atoms with Crippen molar-refractivity contribution in [3.8, 4) is 0 Å². The van der Waals surface area contributed by atoms with Crippen molar-refractivity contribution in [3.05, 3.63) is 55.7 Å². The van der Waals surface area contributed by atoms with Gasteiger partial charge in [0.2, 0.25) is 0 Å². The lowest BCUT2D eigenvalue weighted by Crippen LogP contribution is -2.31. The van der Waals surface area contributed by atoms with E-state index in [2.05, 4.69) is 5.32 Å². The van der Waals surface area contributed by atoms with E-state index in [9.17, 15) is 9.59 Å². The minimum Gasteiger partial charge on any atom is -0.451 e. The van der Waals surface area contributed by atoms with E-state index in [1.165, 1.54) is 11.3 Å². The van der Waals surface area contributed by atoms with Gasteiger partial charge >= 0.3 is 5.97 Å². The lowest BCUT2D eigenvalue weighted by molar-refractivity contribution is -0.124. The van der Waals surface area contributed by atoms with Crippen LogP contribution in [0.5, 0.6) is 0 Å². The highest BCUT2D eigenvalue weighted by atomic mass is 35.5. The van der Waals surface area contributed by atoms with Gasteiger partial charge in [0, 0.05) is 14.9 Å². The zero-order valence-corrected chi connectivity index (χ0v) is 14.9. The smallest absolute Gasteiger partial charge is 0.348 e. The van der Waals surface area contributed by atoms with Crippen molar-refractivity contribution in [3.63, 3.8) is 0 Å². The number of aryl methyl sites for hydroxylation is 1. The summed E-state index contributed by atoms with van der Waals surface area (Å²) in [6.45, 7) is 3.34. The Labute approximate surface area is 148 Å². The van der Waals surface area contributed by atoms with Gasteiger partial charge in [-0.3, -0.25) is 4.79 Å². The van der Waals surface area contributed by atoms with E-state index in [0.29, 0.717) is 14.9 Å². The first-order valence-electron chi connectivity index (χ1n) is 6.84. The van der Waals surface area contributed by atoms with Crippen LogP contribution in [0.4, 0.5) is 0 Å². The number of hydrogen-bond acceptors (Lipinski definition) is 4. The average Bonchev–Trinajstić information content (AvgIpc) is 2.91. The maximum atomic E-state index is 11.9. The molecule has 0 saturated heterocycles. The van der Waals surface area contributed by atoms with Gasteiger partial charge < -0.3 is 10.1 Å². The van der Waals surface area contributed by atoms with Gasteiger partial charge in [0.25, 0.3) is 5.91 Å². The van der Waals surface area contributed by atoms with Crippen molar-refractivity contribution in [1.82, 2.24) is 5.32 Å². The van der Waals surface area contributed by atoms with E-state index in [1.807, 2.05) is 13.0 Å². The van der Waals surface area contributed by atoms with E-state index in [4.69, 9.17) is 27.9 Å². The number of hydrogen-bond donors (Lipinski definition) is 1. The van der Waals surface area contributed by atoms with Gasteiger partial charge in [-0.25, -0.2) is 4.79 Å². The minimum atomic E-state index is -0.504. The molecule has 122 valence electrons. The standard InChI is InChI=1S/C16H15Cl2NO3S/c1-9-3-6-14(23-9)16(21)22-8-15(20)19-10(2)12-5-4-11(17)7-13(12)18/h3-7,10H,8H2,1-2H3,(H,19,20)/t10-/m0/s1. The fourth-order valence-electron chi connectivity index (χ4n) is 1.96. The van der Waals surface area contributed by atoms with Crippen LogP contribution in [-0.2, 0) is 9.53 Å². The predicted octanol–water partition coefficient (Wildman–Crippen LogP) is 4.40. The molecule has 0 saturated carbocycles. The normalized spacial score (nSPS) is 11.8. The summed E-state index contributed by atoms with van der Waals surface area (Å²) in [5.41, 5.74) is 0.740. The number of nitrogens with one attached hydrogen (secondary N) is 1. The molecule has 0 aliphatic carbocycles. The van der Waals surface area contributed by atoms with Crippen LogP contribution in [0.15, 0.2) is 30.3 Å². The third-order valence-electron chi connectivity index (χ3n) is 3.08. The SMILES string of the molecule is Cc1ccc(C(=O)OCC(=O)N[C@@H](C)c2ccc(Cl)cc2Cl)s1. The Hall–Kier alpha value is -1.56. The molecule has 1 aromatic carbocycles. The average molecular weight is 372 g/mol. The van der Waals surface area contributed by atoms with Gasteiger partial charge in [0.1, 0.15) is 4.88 Å². The van der Waals surface area contributed by atoms with Crippen molar-refractivity contribution < 1.29 is 14.3 Å². The van der Waals surface area contributed by atoms with Crippen LogP contribution < -0.4 is 5.32 Å². The summed E-state index contributed by atoms with van der Waals surface area (Å²) in [7, 11) is 0. The van der Waals surface area contributed by atoms with Gasteiger partial charge in [-0.15, -0.1) is 11.3 Å². The highest BCUT2D eigenvalue weighted by Gasteiger charge is 2.15. The van der Waals surface area contributed by atoms with Crippen LogP contribution >= 0.6 is 34.5 Å². The van der Waals surface area contributed by atoms with Gasteiger partial charge in [0.05, 0.1) is 6.04 Å². The van der Waals surface area contributed by atoms with Crippen LogP contribution in [0, 0.1) is 6.92 Å². The topological polar surface area (TPSA) is 55.4 Å². The molecule has 2 rings (SSSR count). The Balaban J connectivity index is 1.88. The lowest BCUT2D eigenvalue weighted by Gasteiger charge is -2.16. The van der Waals surface area contributed by atoms with E-state index in [1.54, 1.807) is 31.2 Å². The minimum absolute atomic E-state index is 0.324. The second kappa shape index (κ2) is 7.81. The number of esters is 1. The molecule has 0 bridgehead atoms. The van der Waals surface area contributed by atoms with E-state index in [-0.39, 0.29) is 12.6 Å². The van der Waals surface area contributed by atoms with Gasteiger partial charge in [0.15, 0.2) is 6.61 Å². The maximum Gasteiger partial charge on any atom is 0.348 e. The molecule has 0 aliphatic heterocycles. The Bertz CT molecular complexity index is 730. The number of carbonyl (C=O) groups excluding carboxylic acids is 2. The van der Waals surface area contributed by atoms with Crippen molar-refractivity contribution in [2.75, 3.05) is 6.61 Å². The molecule has 0 spiro atoms. The molecular weight excluding hydrogens is 357 g/mol. The molecule has 4 nitrogen and oxygen atoms in total. The molecule has 0 aliphatic rings. The number of amides is 1. The van der Waals surface area contributed by atoms with Crippen molar-refractivity contribution >= 4 is 46.4 Å². The van der Waals surface area contributed by atoms with Gasteiger partial charge in [-0.05, 0) is 43.7 Å². The zero-order valence-electron chi connectivity index (χ0n) is 12.6. The first-order valence-corrected chi connectivity index (χ1v) is 8.42. The summed E-state index contributed by atoms with van der Waals surface area (Å²) in [6.07, 6.45) is 0. The largest absolute Gasteiger partial charge is 0.451 e. The van der Waals surface area contributed by atoms with Crippen molar-refractivity contribution in [2.24, 2.45) is 0 Å². The van der Waals surface area contributed by atoms with E-state index in [0.717, 1.165) is 10.4 Å². The van der Waals surface area contributed by atoms with Crippen LogP contribution in [0.3, 0.4) is 0 Å². The molecule has 1 heterocycles. The fourth-order valence-corrected chi connectivity index (χ4v) is 3.29. The quantitative estimate of drug-likeness (QED) is 0.792. The molecule has 0 unspecified atom stereocenters. The van der Waals surface area contributed by atoms with Gasteiger partial charge in [-0.2, -0.15) is 0 Å². The first kappa shape index (κ1) is 17.8. The fraction of sp³-hybridized carbons (Fsp3) is 0.250. The molecule has 1 N–H and O–H groups in total. The number of ether oxygens (including phenoxy) is 1. The zero-order chi connectivity index (χ0) is 17.0. The maximum absolute atomic E-state index is 11.9. The van der Waals surface area contributed by atoms with Crippen LogP contribution in [0.1, 0.15) is 33.1 Å². The van der Waals surface area contributed by atoms with Crippen LogP contribution in [-0.4, -0.2) is 18.5 Å². The van der Waals surface area contributed by atoms with Crippen LogP contribution in [0.25, 0.3) is 0 Å². The lowest BCUT2D eigenvalue weighted by atomic mass is 10.1. The molecule has 2 aromatic rings. The molecule has 0 radical (unpaired) electrons. The third-order valence-corrected chi connectivity index (χ3v) is 4.63. The third kappa shape index (κ3) is 4.96. The summed E-state index contributed by atoms with van der Waals surface area (Å²) < 4.78 is 4.99. The number of rotatable bonds is 5. The monoisotopic (exact) mass is 371 g/mol. The predicted molar refractivity (Wildman–Crippen MR) is 92.4 cm³/mol. The number of benzene rings is 1. The molecule has 23 heavy (non-hydrogen) atoms. The second-order valence-corrected chi connectivity index (χ2v) is 7.07. The van der Waals surface area contributed by atoms with E-state index >= 15 is 0 Å². The number of halogens is 2. The summed E-state index contributed by atoms with van der Waals surface area (Å²) in [4.78, 5) is 25.2. The molecule has 7 heteroatoms. The Morgan fingerprint density at radius 2 is 2.00 bits per heavy atom. The Morgan fingerprint density at radius 3 is 2.61 bits per heavy atom. The van der Waals surface area contributed by atoms with Crippen molar-refractivity contribution in [2.45, 2.75) is 19.9 Å². The molecule has 1 atom stereocenters.